The van der Waals surface area contributed by atoms with E-state index in [1.807, 2.05) is 6.26 Å². The highest BCUT2D eigenvalue weighted by Gasteiger charge is 2.24. The van der Waals surface area contributed by atoms with E-state index in [9.17, 15) is 24.5 Å². The zero-order chi connectivity index (χ0) is 19.0. The number of carboxylic acid groups (broad SMARTS) is 1. The summed E-state index contributed by atoms with van der Waals surface area (Å²) in [5, 5.41) is 24.4. The van der Waals surface area contributed by atoms with Crippen LogP contribution in [0.4, 0.5) is 5.69 Å². The molecule has 0 spiro atoms. The van der Waals surface area contributed by atoms with Crippen molar-refractivity contribution in [3.63, 3.8) is 0 Å². The number of nitro groups is 1. The van der Waals surface area contributed by atoms with Crippen molar-refractivity contribution in [1.29, 1.82) is 0 Å². The van der Waals surface area contributed by atoms with Gasteiger partial charge in [-0.1, -0.05) is 6.07 Å². The second-order valence-electron chi connectivity index (χ2n) is 5.18. The zero-order valence-corrected chi connectivity index (χ0v) is 14.5. The van der Waals surface area contributed by atoms with Gasteiger partial charge in [0.25, 0.3) is 11.6 Å². The van der Waals surface area contributed by atoms with E-state index in [4.69, 9.17) is 5.11 Å². The predicted octanol–water partition coefficient (Wildman–Crippen LogP) is 1.04. The maximum absolute atomic E-state index is 12.3. The number of benzene rings is 1. The second kappa shape index (κ2) is 9.62. The summed E-state index contributed by atoms with van der Waals surface area (Å²) in [4.78, 5) is 45.5. The molecule has 0 radical (unpaired) electrons. The van der Waals surface area contributed by atoms with Crippen LogP contribution in [0.1, 0.15) is 23.7 Å². The number of nitrogens with one attached hydrogen (secondary N) is 2. The minimum atomic E-state index is -1.19. The molecule has 0 saturated carbocycles. The molecule has 10 heteroatoms. The molecule has 0 fully saturated rings. The maximum Gasteiger partial charge on any atom is 0.325 e. The molecule has 0 aliphatic heterocycles. The smallest absolute Gasteiger partial charge is 0.325 e. The molecule has 0 aliphatic carbocycles. The van der Waals surface area contributed by atoms with Gasteiger partial charge in [-0.3, -0.25) is 24.5 Å². The van der Waals surface area contributed by atoms with Gasteiger partial charge < -0.3 is 15.7 Å². The van der Waals surface area contributed by atoms with Crippen LogP contribution in [0.15, 0.2) is 24.3 Å². The molecule has 0 heterocycles. The topological polar surface area (TPSA) is 139 Å². The molecule has 2 amide bonds. The van der Waals surface area contributed by atoms with Crippen molar-refractivity contribution in [3.05, 3.63) is 39.9 Å². The molecule has 3 N–H and O–H groups in total. The fraction of sp³-hybridized carbons (Fsp3) is 0.400. The van der Waals surface area contributed by atoms with Crippen LogP contribution in [0.3, 0.4) is 0 Å². The predicted molar refractivity (Wildman–Crippen MR) is 92.6 cm³/mol. The summed E-state index contributed by atoms with van der Waals surface area (Å²) in [6.07, 6.45) is 2.12. The van der Waals surface area contributed by atoms with Gasteiger partial charge in [0.15, 0.2) is 0 Å². The Morgan fingerprint density at radius 2 is 2.00 bits per heavy atom. The quantitative estimate of drug-likeness (QED) is 0.436. The third-order valence-electron chi connectivity index (χ3n) is 3.28. The third kappa shape index (κ3) is 6.42. The molecule has 1 aromatic rings. The lowest BCUT2D eigenvalue weighted by atomic mass is 10.1. The highest BCUT2D eigenvalue weighted by Crippen LogP contribution is 2.13. The van der Waals surface area contributed by atoms with E-state index >= 15 is 0 Å². The van der Waals surface area contributed by atoms with Crippen molar-refractivity contribution in [3.8, 4) is 0 Å². The van der Waals surface area contributed by atoms with Crippen LogP contribution >= 0.6 is 11.8 Å². The van der Waals surface area contributed by atoms with Gasteiger partial charge in [0.1, 0.15) is 12.1 Å². The van der Waals surface area contributed by atoms with Crippen LogP contribution < -0.4 is 10.6 Å². The molecule has 2 atom stereocenters. The maximum atomic E-state index is 12.3. The number of non-ortho nitro benzene ring substituents is 1. The summed E-state index contributed by atoms with van der Waals surface area (Å²) < 4.78 is 0. The first-order chi connectivity index (χ1) is 11.8. The number of hydrogen-bond acceptors (Lipinski definition) is 6. The number of carbonyl (C=O) groups excluding carboxylic acids is 2. The Morgan fingerprint density at radius 1 is 1.32 bits per heavy atom. The van der Waals surface area contributed by atoms with Crippen molar-refractivity contribution in [1.82, 2.24) is 10.6 Å². The zero-order valence-electron chi connectivity index (χ0n) is 13.7. The Bertz CT molecular complexity index is 666. The van der Waals surface area contributed by atoms with Gasteiger partial charge in [-0.15, -0.1) is 0 Å². The molecule has 1 rings (SSSR count). The van der Waals surface area contributed by atoms with Gasteiger partial charge in [-0.2, -0.15) is 11.8 Å². The summed E-state index contributed by atoms with van der Waals surface area (Å²) >= 11 is 1.46. The van der Waals surface area contributed by atoms with Crippen LogP contribution in [-0.2, 0) is 9.59 Å². The van der Waals surface area contributed by atoms with Gasteiger partial charge in [0, 0.05) is 17.7 Å². The van der Waals surface area contributed by atoms with E-state index in [2.05, 4.69) is 10.6 Å². The Labute approximate surface area is 148 Å². The molecule has 9 nitrogen and oxygen atoms in total. The Hall–Kier alpha value is -2.62. The first-order valence-corrected chi connectivity index (χ1v) is 8.73. The summed E-state index contributed by atoms with van der Waals surface area (Å²) in [6.45, 7) is 1.31. The van der Waals surface area contributed by atoms with E-state index in [0.29, 0.717) is 12.2 Å². The van der Waals surface area contributed by atoms with Crippen LogP contribution in [0.2, 0.25) is 0 Å². The SMILES string of the molecule is CSCCC(NC(=O)c1cccc([N+](=O)[O-])c1)C(=O)N[C@H](C)C(=O)O. The normalized spacial score (nSPS) is 12.7. The molecule has 0 saturated heterocycles. The standard InChI is InChI=1S/C15H19N3O6S/c1-9(15(21)22)16-14(20)12(6-7-25-2)17-13(19)10-4-3-5-11(8-10)18(23)24/h3-5,8-9,12H,6-7H2,1-2H3,(H,16,20)(H,17,19)(H,21,22)/t9-,12?/m1/s1. The molecule has 1 unspecified atom stereocenters. The monoisotopic (exact) mass is 369 g/mol. The van der Waals surface area contributed by atoms with Crippen molar-refractivity contribution < 1.29 is 24.4 Å². The summed E-state index contributed by atoms with van der Waals surface area (Å²) in [6, 6.07) is 3.09. The molecule has 0 bridgehead atoms. The van der Waals surface area contributed by atoms with Crippen molar-refractivity contribution in [2.75, 3.05) is 12.0 Å². The molecule has 0 aliphatic rings. The summed E-state index contributed by atoms with van der Waals surface area (Å²) in [7, 11) is 0. The van der Waals surface area contributed by atoms with Gasteiger partial charge >= 0.3 is 5.97 Å². The van der Waals surface area contributed by atoms with Crippen molar-refractivity contribution in [2.24, 2.45) is 0 Å². The highest BCUT2D eigenvalue weighted by atomic mass is 32.2. The van der Waals surface area contributed by atoms with Crippen LogP contribution in [-0.4, -0.2) is 51.9 Å². The number of amides is 2. The Balaban J connectivity index is 2.88. The molecule has 0 aromatic heterocycles. The number of rotatable bonds is 9. The van der Waals surface area contributed by atoms with Crippen molar-refractivity contribution in [2.45, 2.75) is 25.4 Å². The number of nitrogens with zero attached hydrogens (tertiary/aromatic N) is 1. The van der Waals surface area contributed by atoms with E-state index in [0.717, 1.165) is 6.07 Å². The molecule has 1 aromatic carbocycles. The average Bonchev–Trinajstić information content (AvgIpc) is 2.58. The first-order valence-electron chi connectivity index (χ1n) is 7.33. The van der Waals surface area contributed by atoms with Gasteiger partial charge in [-0.25, -0.2) is 0 Å². The number of hydrogen-bond donors (Lipinski definition) is 3. The van der Waals surface area contributed by atoms with E-state index < -0.39 is 34.8 Å². The fourth-order valence-corrected chi connectivity index (χ4v) is 2.35. The minimum absolute atomic E-state index is 0.0439. The highest BCUT2D eigenvalue weighted by molar-refractivity contribution is 7.98. The number of carbonyl (C=O) groups is 3. The number of aliphatic carboxylic acids is 1. The van der Waals surface area contributed by atoms with Gasteiger partial charge in [-0.05, 0) is 31.4 Å². The van der Waals surface area contributed by atoms with Gasteiger partial charge in [0.05, 0.1) is 4.92 Å². The number of thioether (sulfide) groups is 1. The van der Waals surface area contributed by atoms with Crippen LogP contribution in [0.5, 0.6) is 0 Å². The first kappa shape index (κ1) is 20.4. The minimum Gasteiger partial charge on any atom is -0.480 e. The van der Waals surface area contributed by atoms with Crippen LogP contribution in [0.25, 0.3) is 0 Å². The fourth-order valence-electron chi connectivity index (χ4n) is 1.88. The van der Waals surface area contributed by atoms with Gasteiger partial charge in [0.2, 0.25) is 5.91 Å². The second-order valence-corrected chi connectivity index (χ2v) is 6.17. The average molecular weight is 369 g/mol. The largest absolute Gasteiger partial charge is 0.480 e. The van der Waals surface area contributed by atoms with E-state index in [1.54, 1.807) is 0 Å². The summed E-state index contributed by atoms with van der Waals surface area (Å²) in [5.74, 6) is -1.90. The molecular weight excluding hydrogens is 350 g/mol. The number of nitro benzene ring substituents is 1. The molecule has 136 valence electrons. The lowest BCUT2D eigenvalue weighted by molar-refractivity contribution is -0.384. The van der Waals surface area contributed by atoms with Crippen LogP contribution in [0, 0.1) is 10.1 Å². The molecular formula is C15H19N3O6S. The van der Waals surface area contributed by atoms with E-state index in [-0.39, 0.29) is 11.3 Å². The Morgan fingerprint density at radius 3 is 2.56 bits per heavy atom. The summed E-state index contributed by atoms with van der Waals surface area (Å²) in [5.41, 5.74) is -0.195. The third-order valence-corrected chi connectivity index (χ3v) is 3.92. The lowest BCUT2D eigenvalue weighted by Gasteiger charge is -2.19. The van der Waals surface area contributed by atoms with Crippen molar-refractivity contribution >= 4 is 35.2 Å². The molecule has 25 heavy (non-hydrogen) atoms. The number of carboxylic acids is 1. The Kier molecular flexibility index (Phi) is 7.86. The van der Waals surface area contributed by atoms with E-state index in [1.165, 1.54) is 36.9 Å². The lowest BCUT2D eigenvalue weighted by Crippen LogP contribution is -2.51.